The number of ether oxygens (including phenoxy) is 4. The lowest BCUT2D eigenvalue weighted by atomic mass is 9.80. The van der Waals surface area contributed by atoms with Crippen molar-refractivity contribution in [2.75, 3.05) is 32.7 Å². The summed E-state index contributed by atoms with van der Waals surface area (Å²) >= 11 is 0. The minimum atomic E-state index is -0.705. The highest BCUT2D eigenvalue weighted by Crippen LogP contribution is 2.48. The SMILES string of the molecule is CCOc1cc2c(c3c1OC(C)(C)C3)C(c1ccc3c(c1)NC(=O)N(CC(=O)OC)C3CC(=O)OC)=NC(C)(C)C2. The highest BCUT2D eigenvalue weighted by atomic mass is 16.5. The van der Waals surface area contributed by atoms with Crippen molar-refractivity contribution in [3.8, 4) is 11.5 Å². The van der Waals surface area contributed by atoms with Crippen LogP contribution in [0.2, 0.25) is 0 Å². The Bertz CT molecular complexity index is 1460. The van der Waals surface area contributed by atoms with E-state index in [1.807, 2.05) is 25.1 Å². The van der Waals surface area contributed by atoms with E-state index in [1.54, 1.807) is 0 Å². The first-order chi connectivity index (χ1) is 19.4. The van der Waals surface area contributed by atoms with Crippen molar-refractivity contribution in [1.82, 2.24) is 4.90 Å². The maximum Gasteiger partial charge on any atom is 0.325 e. The lowest BCUT2D eigenvalue weighted by Gasteiger charge is -2.37. The van der Waals surface area contributed by atoms with E-state index in [9.17, 15) is 14.4 Å². The molecule has 0 saturated heterocycles. The first-order valence-electron chi connectivity index (χ1n) is 13.8. The maximum absolute atomic E-state index is 13.2. The van der Waals surface area contributed by atoms with Gasteiger partial charge in [-0.15, -0.1) is 0 Å². The number of urea groups is 1. The van der Waals surface area contributed by atoms with Gasteiger partial charge in [-0.1, -0.05) is 12.1 Å². The normalized spacial score (nSPS) is 19.6. The summed E-state index contributed by atoms with van der Waals surface area (Å²) in [7, 11) is 2.55. The van der Waals surface area contributed by atoms with E-state index >= 15 is 0 Å². The molecule has 10 nitrogen and oxygen atoms in total. The Hall–Kier alpha value is -4.08. The number of aliphatic imine (C=N–C) groups is 1. The van der Waals surface area contributed by atoms with Gasteiger partial charge in [0.1, 0.15) is 12.1 Å². The number of amides is 2. The molecule has 10 heteroatoms. The van der Waals surface area contributed by atoms with E-state index in [1.165, 1.54) is 19.1 Å². The number of carbonyl (C=O) groups excluding carboxylic acids is 3. The fraction of sp³-hybridized carbons (Fsp3) is 0.484. The zero-order chi connectivity index (χ0) is 29.7. The predicted octanol–water partition coefficient (Wildman–Crippen LogP) is 4.60. The van der Waals surface area contributed by atoms with Crippen molar-refractivity contribution in [2.24, 2.45) is 4.99 Å². The molecule has 0 aliphatic carbocycles. The van der Waals surface area contributed by atoms with Crippen LogP contribution in [0.3, 0.4) is 0 Å². The first kappa shape index (κ1) is 28.4. The largest absolute Gasteiger partial charge is 0.490 e. The number of nitrogens with zero attached hydrogens (tertiary/aromatic N) is 2. The fourth-order valence-electron chi connectivity index (χ4n) is 5.99. The Balaban J connectivity index is 1.63. The lowest BCUT2D eigenvalue weighted by Crippen LogP contribution is -2.46. The van der Waals surface area contributed by atoms with Crippen molar-refractivity contribution in [2.45, 2.75) is 71.1 Å². The summed E-state index contributed by atoms with van der Waals surface area (Å²) in [6, 6.07) is 6.58. The van der Waals surface area contributed by atoms with Gasteiger partial charge >= 0.3 is 18.0 Å². The Kier molecular flexibility index (Phi) is 7.21. The predicted molar refractivity (Wildman–Crippen MR) is 153 cm³/mol. The summed E-state index contributed by atoms with van der Waals surface area (Å²) < 4.78 is 22.1. The van der Waals surface area contributed by atoms with Gasteiger partial charge in [0.05, 0.1) is 44.5 Å². The number of anilines is 1. The number of esters is 2. The molecule has 2 aromatic rings. The zero-order valence-electron chi connectivity index (χ0n) is 24.7. The topological polar surface area (TPSA) is 116 Å². The second kappa shape index (κ2) is 10.4. The summed E-state index contributed by atoms with van der Waals surface area (Å²) in [6.07, 6.45) is 1.34. The van der Waals surface area contributed by atoms with Crippen LogP contribution in [0.15, 0.2) is 29.3 Å². The molecule has 3 aliphatic rings. The van der Waals surface area contributed by atoms with Crippen molar-refractivity contribution in [1.29, 1.82) is 0 Å². The molecule has 218 valence electrons. The van der Waals surface area contributed by atoms with Gasteiger partial charge in [-0.25, -0.2) is 4.79 Å². The highest BCUT2D eigenvalue weighted by Gasteiger charge is 2.41. The summed E-state index contributed by atoms with van der Waals surface area (Å²) in [5.74, 6) is 0.421. The van der Waals surface area contributed by atoms with Gasteiger partial charge < -0.3 is 29.2 Å². The van der Waals surface area contributed by atoms with Crippen molar-refractivity contribution < 1.29 is 33.3 Å². The van der Waals surface area contributed by atoms with Crippen LogP contribution in [0.1, 0.15) is 74.9 Å². The van der Waals surface area contributed by atoms with Crippen LogP contribution in [0, 0.1) is 0 Å². The third kappa shape index (κ3) is 5.35. The van der Waals surface area contributed by atoms with E-state index < -0.39 is 29.6 Å². The first-order valence-corrected chi connectivity index (χ1v) is 13.8. The third-order valence-electron chi connectivity index (χ3n) is 7.66. The molecule has 0 aromatic heterocycles. The van der Waals surface area contributed by atoms with Gasteiger partial charge in [0.15, 0.2) is 11.5 Å². The molecule has 0 bridgehead atoms. The molecule has 2 amide bonds. The lowest BCUT2D eigenvalue weighted by molar-refractivity contribution is -0.145. The van der Waals surface area contributed by atoms with Crippen molar-refractivity contribution in [3.63, 3.8) is 0 Å². The number of nitrogens with one attached hydrogen (secondary N) is 1. The maximum atomic E-state index is 13.2. The average Bonchev–Trinajstić information content (AvgIpc) is 3.24. The number of hydrogen-bond acceptors (Lipinski definition) is 8. The number of hydrogen-bond donors (Lipinski definition) is 1. The number of carbonyl (C=O) groups is 3. The highest BCUT2D eigenvalue weighted by molar-refractivity contribution is 6.17. The van der Waals surface area contributed by atoms with Crippen molar-refractivity contribution in [3.05, 3.63) is 52.1 Å². The number of rotatable bonds is 7. The Morgan fingerprint density at radius 3 is 2.51 bits per heavy atom. The Morgan fingerprint density at radius 2 is 1.83 bits per heavy atom. The Morgan fingerprint density at radius 1 is 1.10 bits per heavy atom. The standard InChI is InChI=1S/C31H37N3O7/c1-8-40-23-12-18-14-30(2,3)33-27(26(18)20-15-31(4,5)41-28(20)23)17-9-10-19-21(11-17)32-29(37)34(16-25(36)39-7)22(19)13-24(35)38-6/h9-12,22H,8,13-16H2,1-7H3,(H,32,37). The Labute approximate surface area is 240 Å². The smallest absolute Gasteiger partial charge is 0.325 e. The molecule has 0 fully saturated rings. The van der Waals surface area contributed by atoms with Gasteiger partial charge in [0.2, 0.25) is 0 Å². The van der Waals surface area contributed by atoms with Gasteiger partial charge in [-0.05, 0) is 64.3 Å². The second-order valence-corrected chi connectivity index (χ2v) is 11.9. The molecule has 1 atom stereocenters. The van der Waals surface area contributed by atoms with Crippen LogP contribution in [-0.4, -0.2) is 67.1 Å². The number of methoxy groups -OCH3 is 2. The van der Waals surface area contributed by atoms with Crippen LogP contribution in [0.4, 0.5) is 10.5 Å². The van der Waals surface area contributed by atoms with Crippen LogP contribution < -0.4 is 14.8 Å². The molecule has 1 N–H and O–H groups in total. The molecule has 0 radical (unpaired) electrons. The summed E-state index contributed by atoms with van der Waals surface area (Å²) in [5, 5.41) is 2.90. The molecule has 5 rings (SSSR count). The third-order valence-corrected chi connectivity index (χ3v) is 7.66. The molecular formula is C31H37N3O7. The van der Waals surface area contributed by atoms with Gasteiger partial charge in [-0.2, -0.15) is 0 Å². The van der Waals surface area contributed by atoms with Gasteiger partial charge in [0.25, 0.3) is 0 Å². The van der Waals surface area contributed by atoms with Crippen LogP contribution >= 0.6 is 0 Å². The van der Waals surface area contributed by atoms with E-state index in [2.05, 4.69) is 39.1 Å². The molecule has 3 heterocycles. The van der Waals surface area contributed by atoms with Gasteiger partial charge in [0, 0.05) is 28.8 Å². The molecule has 0 spiro atoms. The van der Waals surface area contributed by atoms with Crippen LogP contribution in [0.5, 0.6) is 11.5 Å². The zero-order valence-corrected chi connectivity index (χ0v) is 24.7. The van der Waals surface area contributed by atoms with E-state index in [0.29, 0.717) is 24.3 Å². The molecule has 3 aliphatic heterocycles. The van der Waals surface area contributed by atoms with E-state index in [-0.39, 0.29) is 18.5 Å². The molecule has 1 unspecified atom stereocenters. The van der Waals surface area contributed by atoms with Crippen molar-refractivity contribution >= 4 is 29.4 Å². The number of benzene rings is 2. The minimum absolute atomic E-state index is 0.107. The number of fused-ring (bicyclic) bond motifs is 4. The quantitative estimate of drug-likeness (QED) is 0.490. The molecule has 0 saturated carbocycles. The molecule has 41 heavy (non-hydrogen) atoms. The fourth-order valence-corrected chi connectivity index (χ4v) is 5.99. The summed E-state index contributed by atoms with van der Waals surface area (Å²) in [5.41, 5.74) is 5.36. The monoisotopic (exact) mass is 563 g/mol. The second-order valence-electron chi connectivity index (χ2n) is 11.9. The average molecular weight is 564 g/mol. The van der Waals surface area contributed by atoms with Crippen LogP contribution in [0.25, 0.3) is 0 Å². The molecular weight excluding hydrogens is 526 g/mol. The van der Waals surface area contributed by atoms with E-state index in [4.69, 9.17) is 23.9 Å². The van der Waals surface area contributed by atoms with E-state index in [0.717, 1.165) is 45.9 Å². The van der Waals surface area contributed by atoms with Gasteiger partial charge in [-0.3, -0.25) is 14.6 Å². The minimum Gasteiger partial charge on any atom is -0.490 e. The van der Waals surface area contributed by atoms with Crippen LogP contribution in [-0.2, 0) is 31.9 Å². The molecule has 2 aromatic carbocycles. The summed E-state index contributed by atoms with van der Waals surface area (Å²) in [6.45, 7) is 10.5. The summed E-state index contributed by atoms with van der Waals surface area (Å²) in [4.78, 5) is 44.1.